The zero-order valence-corrected chi connectivity index (χ0v) is 24.0. The Morgan fingerprint density at radius 1 is 1.07 bits per heavy atom. The fourth-order valence-electron chi connectivity index (χ4n) is 5.55. The van der Waals surface area contributed by atoms with E-state index in [-0.39, 0.29) is 5.82 Å². The third-order valence-electron chi connectivity index (χ3n) is 7.75. The van der Waals surface area contributed by atoms with Crippen molar-refractivity contribution in [2.24, 2.45) is 0 Å². The monoisotopic (exact) mass is 547 g/mol. The maximum Gasteiger partial charge on any atom is 0.159 e. The largest absolute Gasteiger partial charge is 0.340 e. The average molecular weight is 548 g/mol. The van der Waals surface area contributed by atoms with Crippen LogP contribution in [0, 0.1) is 12.7 Å². The lowest BCUT2D eigenvalue weighted by molar-refractivity contribution is 0.334. The van der Waals surface area contributed by atoms with Gasteiger partial charge in [-0.2, -0.15) is 5.10 Å². The van der Waals surface area contributed by atoms with Crippen LogP contribution in [0.3, 0.4) is 0 Å². The Morgan fingerprint density at radius 3 is 2.54 bits per heavy atom. The van der Waals surface area contributed by atoms with Crippen LogP contribution >= 0.6 is 0 Å². The van der Waals surface area contributed by atoms with Gasteiger partial charge in [0.25, 0.3) is 0 Å². The average Bonchev–Trinajstić information content (AvgIpc) is 3.74. The molecule has 4 aromatic rings. The first-order valence-corrected chi connectivity index (χ1v) is 14.4. The molecule has 6 heteroatoms. The second kappa shape index (κ2) is 12.9. The lowest BCUT2D eigenvalue weighted by Gasteiger charge is -2.14. The number of allylic oxidation sites excluding steroid dienone is 7. The second-order valence-corrected chi connectivity index (χ2v) is 10.5. The van der Waals surface area contributed by atoms with Crippen LogP contribution in [-0.2, 0) is 0 Å². The van der Waals surface area contributed by atoms with Crippen LogP contribution in [0.15, 0.2) is 91.6 Å². The fraction of sp³-hybridized carbons (Fsp3) is 0.257. The number of nitrogens with zero attached hydrogens (tertiary/aromatic N) is 3. The van der Waals surface area contributed by atoms with Gasteiger partial charge in [0, 0.05) is 16.7 Å². The van der Waals surface area contributed by atoms with Gasteiger partial charge in [-0.15, -0.1) is 0 Å². The van der Waals surface area contributed by atoms with Gasteiger partial charge in [-0.1, -0.05) is 61.7 Å². The normalized spacial score (nSPS) is 15.1. The Bertz CT molecular complexity index is 1620. The second-order valence-electron chi connectivity index (χ2n) is 10.5. The molecule has 3 heterocycles. The summed E-state index contributed by atoms with van der Waals surface area (Å²) in [6.45, 7) is 15.6. The van der Waals surface area contributed by atoms with Crippen molar-refractivity contribution < 1.29 is 4.39 Å². The van der Waals surface area contributed by atoms with Crippen molar-refractivity contribution in [1.82, 2.24) is 25.1 Å². The minimum absolute atomic E-state index is 0.275. The smallest absolute Gasteiger partial charge is 0.159 e. The molecule has 2 aromatic carbocycles. The van der Waals surface area contributed by atoms with E-state index in [1.165, 1.54) is 43.6 Å². The molecule has 2 aromatic heterocycles. The van der Waals surface area contributed by atoms with E-state index in [1.54, 1.807) is 18.2 Å². The lowest BCUT2D eigenvalue weighted by Crippen LogP contribution is -2.20. The van der Waals surface area contributed by atoms with Gasteiger partial charge in [-0.05, 0) is 106 Å². The highest BCUT2D eigenvalue weighted by molar-refractivity contribution is 5.95. The first kappa shape index (κ1) is 28.2. The molecule has 210 valence electrons. The number of nitrogens with one attached hydrogen (secondary N) is 2. The standard InChI is InChI=1S/C35H38FN5/c1-5-11-30(27-13-16-29(36)17-14-27)33-24(4)37-35(38-33)34-31-23-28(15-18-32(31)39-40-34)26(7-3)22-25(6-2)12-10-21-41-19-8-9-20-41/h5-7,11,13-18,22-23H,1-2,8-10,12,19-21H2,3-4H3,(H,37,38)(H,39,40)/b25-22+,26-7+,30-11-. The molecule has 0 radical (unpaired) electrons. The Hall–Kier alpha value is -4.29. The van der Waals surface area contributed by atoms with Crippen LogP contribution in [0.4, 0.5) is 4.39 Å². The number of aromatic nitrogens is 4. The molecule has 0 amide bonds. The highest BCUT2D eigenvalue weighted by atomic mass is 19.1. The summed E-state index contributed by atoms with van der Waals surface area (Å²) in [5.74, 6) is 0.395. The van der Waals surface area contributed by atoms with E-state index in [9.17, 15) is 4.39 Å². The van der Waals surface area contributed by atoms with Crippen LogP contribution < -0.4 is 0 Å². The number of aryl methyl sites for hydroxylation is 1. The predicted octanol–water partition coefficient (Wildman–Crippen LogP) is 8.41. The number of rotatable bonds is 11. The van der Waals surface area contributed by atoms with Crippen LogP contribution in [-0.4, -0.2) is 44.7 Å². The summed E-state index contributed by atoms with van der Waals surface area (Å²) in [5, 5.41) is 8.77. The molecule has 0 unspecified atom stereocenters. The fourth-order valence-corrected chi connectivity index (χ4v) is 5.55. The van der Waals surface area contributed by atoms with Crippen molar-refractivity contribution in [2.45, 2.75) is 39.5 Å². The van der Waals surface area contributed by atoms with Gasteiger partial charge in [0.05, 0.1) is 11.2 Å². The number of likely N-dealkylation sites (tertiary alicyclic amines) is 1. The maximum atomic E-state index is 13.6. The predicted molar refractivity (Wildman–Crippen MR) is 169 cm³/mol. The topological polar surface area (TPSA) is 60.6 Å². The summed E-state index contributed by atoms with van der Waals surface area (Å²) in [6.07, 6.45) is 14.8. The Kier molecular flexibility index (Phi) is 8.90. The molecule has 2 N–H and O–H groups in total. The van der Waals surface area contributed by atoms with E-state index in [4.69, 9.17) is 4.98 Å². The van der Waals surface area contributed by atoms with Crippen LogP contribution in [0.5, 0.6) is 0 Å². The number of halogens is 1. The molecule has 1 fully saturated rings. The van der Waals surface area contributed by atoms with E-state index in [1.807, 2.05) is 19.1 Å². The summed E-state index contributed by atoms with van der Waals surface area (Å²) >= 11 is 0. The van der Waals surface area contributed by atoms with E-state index < -0.39 is 0 Å². The van der Waals surface area contributed by atoms with Gasteiger partial charge in [0.2, 0.25) is 0 Å². The van der Waals surface area contributed by atoms with E-state index in [0.29, 0.717) is 5.82 Å². The Labute approximate surface area is 241 Å². The van der Waals surface area contributed by atoms with E-state index in [2.05, 4.69) is 70.5 Å². The minimum Gasteiger partial charge on any atom is -0.340 e. The number of benzene rings is 2. The number of H-pyrrole nitrogens is 2. The van der Waals surface area contributed by atoms with Crippen molar-refractivity contribution in [3.8, 4) is 11.5 Å². The molecule has 41 heavy (non-hydrogen) atoms. The van der Waals surface area contributed by atoms with Gasteiger partial charge in [0.1, 0.15) is 11.5 Å². The number of aromatic amines is 2. The Morgan fingerprint density at radius 2 is 1.83 bits per heavy atom. The van der Waals surface area contributed by atoms with Crippen LogP contribution in [0.1, 0.15) is 55.1 Å². The summed E-state index contributed by atoms with van der Waals surface area (Å²) in [7, 11) is 0. The molecule has 0 saturated carbocycles. The zero-order chi connectivity index (χ0) is 28.8. The molecule has 5 nitrogen and oxygen atoms in total. The highest BCUT2D eigenvalue weighted by Crippen LogP contribution is 2.32. The Balaban J connectivity index is 1.43. The van der Waals surface area contributed by atoms with Crippen molar-refractivity contribution in [2.75, 3.05) is 19.6 Å². The van der Waals surface area contributed by atoms with Gasteiger partial charge in [-0.25, -0.2) is 9.37 Å². The van der Waals surface area contributed by atoms with Crippen molar-refractivity contribution in [3.05, 3.63) is 120 Å². The summed E-state index contributed by atoms with van der Waals surface area (Å²) in [4.78, 5) is 10.9. The SMILES string of the molecule is C=C/C=C(/c1ccc(F)cc1)c1nc(-c2n[nH]c3ccc(C(/C=C(\C=C)CCCN4CCCC4)=C/C)cc23)[nH]c1C. The molecule has 0 spiro atoms. The molecule has 1 aliphatic heterocycles. The quantitative estimate of drug-likeness (QED) is 0.185. The first-order valence-electron chi connectivity index (χ1n) is 14.4. The van der Waals surface area contributed by atoms with E-state index >= 15 is 0 Å². The van der Waals surface area contributed by atoms with Crippen LogP contribution in [0.25, 0.3) is 33.6 Å². The molecule has 5 rings (SSSR count). The molecular formula is C35H38FN5. The molecule has 1 saturated heterocycles. The first-order chi connectivity index (χ1) is 20.0. The third-order valence-corrected chi connectivity index (χ3v) is 7.75. The number of imidazole rings is 1. The lowest BCUT2D eigenvalue weighted by atomic mass is 9.98. The summed E-state index contributed by atoms with van der Waals surface area (Å²) in [6, 6.07) is 12.8. The highest BCUT2D eigenvalue weighted by Gasteiger charge is 2.18. The van der Waals surface area contributed by atoms with Crippen LogP contribution in [0.2, 0.25) is 0 Å². The maximum absolute atomic E-state index is 13.6. The van der Waals surface area contributed by atoms with E-state index in [0.717, 1.165) is 69.6 Å². The summed E-state index contributed by atoms with van der Waals surface area (Å²) < 4.78 is 13.6. The van der Waals surface area contributed by atoms with Crippen molar-refractivity contribution in [3.63, 3.8) is 0 Å². The molecule has 0 aliphatic carbocycles. The molecule has 1 aliphatic rings. The summed E-state index contributed by atoms with van der Waals surface area (Å²) in [5.41, 5.74) is 8.61. The third kappa shape index (κ3) is 6.39. The minimum atomic E-state index is -0.275. The number of fused-ring (bicyclic) bond motifs is 1. The van der Waals surface area contributed by atoms with Gasteiger partial charge >= 0.3 is 0 Å². The van der Waals surface area contributed by atoms with Gasteiger partial charge in [0.15, 0.2) is 5.82 Å². The van der Waals surface area contributed by atoms with Crippen molar-refractivity contribution in [1.29, 1.82) is 0 Å². The number of hydrogen-bond acceptors (Lipinski definition) is 3. The number of hydrogen-bond donors (Lipinski definition) is 2. The molecular weight excluding hydrogens is 509 g/mol. The zero-order valence-electron chi connectivity index (χ0n) is 24.0. The molecule has 0 bridgehead atoms. The van der Waals surface area contributed by atoms with Crippen molar-refractivity contribution >= 4 is 22.0 Å². The van der Waals surface area contributed by atoms with Gasteiger partial charge in [-0.3, -0.25) is 5.10 Å². The molecule has 0 atom stereocenters. The van der Waals surface area contributed by atoms with Gasteiger partial charge < -0.3 is 9.88 Å².